The van der Waals surface area contributed by atoms with Gasteiger partial charge >= 0.3 is 0 Å². The summed E-state index contributed by atoms with van der Waals surface area (Å²) in [5, 5.41) is 11.6. The highest BCUT2D eigenvalue weighted by atomic mass is 35.5. The van der Waals surface area contributed by atoms with Crippen LogP contribution in [0.15, 0.2) is 58.3 Å². The first-order valence-electron chi connectivity index (χ1n) is 10.4. The van der Waals surface area contributed by atoms with Crippen LogP contribution in [0.5, 0.6) is 0 Å². The van der Waals surface area contributed by atoms with Gasteiger partial charge in [0.2, 0.25) is 17.7 Å². The number of amides is 1. The van der Waals surface area contributed by atoms with Crippen LogP contribution in [-0.2, 0) is 17.8 Å². The van der Waals surface area contributed by atoms with E-state index in [4.69, 9.17) is 16.0 Å². The standard InChI is InChI=1S/C24H23ClN4O2S/c1-3-11-29(14-21-27-28-23(31-21)19-9-4-5-10-20(19)25)22(30)13-18-15-32-24(26-18)17-8-6-7-16(2)12-17/h4-10,12,15H,3,11,13-14H2,1-2H3. The van der Waals surface area contributed by atoms with Crippen LogP contribution in [0.25, 0.3) is 22.0 Å². The molecule has 2 heterocycles. The molecular weight excluding hydrogens is 444 g/mol. The van der Waals surface area contributed by atoms with Gasteiger partial charge in [-0.2, -0.15) is 0 Å². The maximum atomic E-state index is 13.0. The third-order valence-corrected chi connectivity index (χ3v) is 6.16. The third kappa shape index (κ3) is 5.23. The Morgan fingerprint density at radius 1 is 1.16 bits per heavy atom. The van der Waals surface area contributed by atoms with E-state index < -0.39 is 0 Å². The van der Waals surface area contributed by atoms with Gasteiger partial charge in [-0.3, -0.25) is 4.79 Å². The van der Waals surface area contributed by atoms with Crippen molar-refractivity contribution in [3.8, 4) is 22.0 Å². The number of carbonyl (C=O) groups is 1. The van der Waals surface area contributed by atoms with Crippen molar-refractivity contribution < 1.29 is 9.21 Å². The minimum Gasteiger partial charge on any atom is -0.419 e. The molecule has 6 nitrogen and oxygen atoms in total. The maximum Gasteiger partial charge on any atom is 0.249 e. The maximum absolute atomic E-state index is 13.0. The van der Waals surface area contributed by atoms with Crippen LogP contribution in [0.1, 0.15) is 30.5 Å². The fourth-order valence-corrected chi connectivity index (χ4v) is 4.38. The van der Waals surface area contributed by atoms with Crippen molar-refractivity contribution in [3.63, 3.8) is 0 Å². The Bertz CT molecular complexity index is 1220. The SMILES string of the molecule is CCCN(Cc1nnc(-c2ccccc2Cl)o1)C(=O)Cc1csc(-c2cccc(C)c2)n1. The van der Waals surface area contributed by atoms with Gasteiger partial charge in [0.25, 0.3) is 0 Å². The smallest absolute Gasteiger partial charge is 0.249 e. The first kappa shape index (κ1) is 22.2. The lowest BCUT2D eigenvalue weighted by Crippen LogP contribution is -2.32. The van der Waals surface area contributed by atoms with Gasteiger partial charge in [-0.05, 0) is 31.5 Å². The Morgan fingerprint density at radius 3 is 2.78 bits per heavy atom. The van der Waals surface area contributed by atoms with Crippen LogP contribution in [0, 0.1) is 6.92 Å². The first-order valence-corrected chi connectivity index (χ1v) is 11.7. The van der Waals surface area contributed by atoms with E-state index in [-0.39, 0.29) is 18.9 Å². The number of benzene rings is 2. The number of aromatic nitrogens is 3. The second-order valence-corrected chi connectivity index (χ2v) is 8.75. The number of hydrogen-bond acceptors (Lipinski definition) is 6. The minimum atomic E-state index is -0.0227. The molecule has 0 saturated heterocycles. The van der Waals surface area contributed by atoms with Crippen molar-refractivity contribution in [1.82, 2.24) is 20.1 Å². The summed E-state index contributed by atoms with van der Waals surface area (Å²) in [4.78, 5) is 19.4. The van der Waals surface area contributed by atoms with Gasteiger partial charge < -0.3 is 9.32 Å². The van der Waals surface area contributed by atoms with Crippen LogP contribution in [0.2, 0.25) is 5.02 Å². The van der Waals surface area contributed by atoms with Crippen molar-refractivity contribution in [2.24, 2.45) is 0 Å². The molecule has 4 aromatic rings. The molecule has 0 fully saturated rings. The van der Waals surface area contributed by atoms with Crippen LogP contribution < -0.4 is 0 Å². The summed E-state index contributed by atoms with van der Waals surface area (Å²) in [6.45, 7) is 4.93. The lowest BCUT2D eigenvalue weighted by molar-refractivity contribution is -0.131. The highest BCUT2D eigenvalue weighted by Gasteiger charge is 2.19. The Balaban J connectivity index is 1.45. The van der Waals surface area contributed by atoms with E-state index in [0.717, 1.165) is 22.7 Å². The second kappa shape index (κ2) is 10.1. The van der Waals surface area contributed by atoms with Gasteiger partial charge in [0.15, 0.2) is 0 Å². The summed E-state index contributed by atoms with van der Waals surface area (Å²) in [6, 6.07) is 15.5. The van der Waals surface area contributed by atoms with Crippen LogP contribution in [-0.4, -0.2) is 32.5 Å². The Hall–Kier alpha value is -3.03. The molecule has 1 amide bonds. The molecule has 0 aliphatic rings. The number of aryl methyl sites for hydroxylation is 1. The number of rotatable bonds is 8. The first-order chi connectivity index (χ1) is 15.5. The summed E-state index contributed by atoms with van der Waals surface area (Å²) in [7, 11) is 0. The van der Waals surface area contributed by atoms with Gasteiger partial charge in [0.05, 0.1) is 29.2 Å². The quantitative estimate of drug-likeness (QED) is 0.328. The molecule has 0 saturated carbocycles. The number of halogens is 1. The van der Waals surface area contributed by atoms with Crippen molar-refractivity contribution >= 4 is 28.8 Å². The number of thiazole rings is 1. The van der Waals surface area contributed by atoms with Crippen molar-refractivity contribution in [1.29, 1.82) is 0 Å². The molecule has 8 heteroatoms. The summed E-state index contributed by atoms with van der Waals surface area (Å²) >= 11 is 7.77. The normalized spacial score (nSPS) is 11.0. The molecule has 2 aromatic carbocycles. The van der Waals surface area contributed by atoms with Gasteiger partial charge in [-0.15, -0.1) is 21.5 Å². The number of nitrogens with zero attached hydrogens (tertiary/aromatic N) is 4. The van der Waals surface area contributed by atoms with E-state index in [1.807, 2.05) is 42.6 Å². The monoisotopic (exact) mass is 466 g/mol. The van der Waals surface area contributed by atoms with Crippen LogP contribution >= 0.6 is 22.9 Å². The van der Waals surface area contributed by atoms with E-state index in [9.17, 15) is 4.79 Å². The minimum absolute atomic E-state index is 0.0227. The molecule has 0 spiro atoms. The third-order valence-electron chi connectivity index (χ3n) is 4.89. The Kier molecular flexibility index (Phi) is 6.97. The summed E-state index contributed by atoms with van der Waals surface area (Å²) in [6.07, 6.45) is 1.05. The van der Waals surface area contributed by atoms with Gasteiger partial charge in [0, 0.05) is 17.5 Å². The average Bonchev–Trinajstić information content (AvgIpc) is 3.43. The van der Waals surface area contributed by atoms with E-state index in [0.29, 0.717) is 28.9 Å². The topological polar surface area (TPSA) is 72.1 Å². The number of carbonyl (C=O) groups excluding carboxylic acids is 1. The largest absolute Gasteiger partial charge is 0.419 e. The van der Waals surface area contributed by atoms with Gasteiger partial charge in [0.1, 0.15) is 5.01 Å². The molecule has 0 bridgehead atoms. The average molecular weight is 467 g/mol. The van der Waals surface area contributed by atoms with Crippen molar-refractivity contribution in [2.45, 2.75) is 33.2 Å². The lowest BCUT2D eigenvalue weighted by atomic mass is 10.1. The molecular formula is C24H23ClN4O2S. The van der Waals surface area contributed by atoms with E-state index >= 15 is 0 Å². The predicted octanol–water partition coefficient (Wildman–Crippen LogP) is 5.80. The zero-order valence-electron chi connectivity index (χ0n) is 17.9. The summed E-state index contributed by atoms with van der Waals surface area (Å²) in [5.74, 6) is 0.697. The summed E-state index contributed by atoms with van der Waals surface area (Å²) in [5.41, 5.74) is 3.68. The molecule has 0 N–H and O–H groups in total. The highest BCUT2D eigenvalue weighted by molar-refractivity contribution is 7.13. The number of hydrogen-bond donors (Lipinski definition) is 0. The zero-order valence-corrected chi connectivity index (χ0v) is 19.5. The van der Waals surface area contributed by atoms with Crippen LogP contribution in [0.4, 0.5) is 0 Å². The molecule has 32 heavy (non-hydrogen) atoms. The molecule has 164 valence electrons. The van der Waals surface area contributed by atoms with Gasteiger partial charge in [-0.1, -0.05) is 54.4 Å². The lowest BCUT2D eigenvalue weighted by Gasteiger charge is -2.19. The van der Waals surface area contributed by atoms with Crippen molar-refractivity contribution in [2.75, 3.05) is 6.54 Å². The Labute approximate surface area is 195 Å². The molecule has 0 radical (unpaired) electrons. The molecule has 0 atom stereocenters. The second-order valence-electron chi connectivity index (χ2n) is 7.49. The fraction of sp³-hybridized carbons (Fsp3) is 0.250. The zero-order chi connectivity index (χ0) is 22.5. The van der Waals surface area contributed by atoms with E-state index in [1.165, 1.54) is 5.56 Å². The molecule has 2 aromatic heterocycles. The van der Waals surface area contributed by atoms with Crippen LogP contribution in [0.3, 0.4) is 0 Å². The van der Waals surface area contributed by atoms with E-state index in [1.54, 1.807) is 22.3 Å². The molecule has 4 rings (SSSR count). The van der Waals surface area contributed by atoms with Crippen molar-refractivity contribution in [3.05, 3.63) is 76.1 Å². The molecule has 0 aliphatic carbocycles. The molecule has 0 unspecified atom stereocenters. The molecule has 0 aliphatic heterocycles. The Morgan fingerprint density at radius 2 is 2.00 bits per heavy atom. The highest BCUT2D eigenvalue weighted by Crippen LogP contribution is 2.27. The van der Waals surface area contributed by atoms with Gasteiger partial charge in [-0.25, -0.2) is 4.98 Å². The fourth-order valence-electron chi connectivity index (χ4n) is 3.35. The predicted molar refractivity (Wildman–Crippen MR) is 126 cm³/mol. The summed E-state index contributed by atoms with van der Waals surface area (Å²) < 4.78 is 5.79. The van der Waals surface area contributed by atoms with E-state index in [2.05, 4.69) is 34.2 Å².